The maximum atomic E-state index is 2.50. The first-order valence-electron chi connectivity index (χ1n) is 18.9. The van der Waals surface area contributed by atoms with Crippen molar-refractivity contribution in [3.63, 3.8) is 0 Å². The molecule has 0 saturated heterocycles. The van der Waals surface area contributed by atoms with Crippen LogP contribution in [0.1, 0.15) is 22.3 Å². The number of nitrogens with zero attached hydrogens (tertiary/aromatic N) is 1. The van der Waals surface area contributed by atoms with E-state index in [-0.39, 0.29) is 0 Å². The Hall–Kier alpha value is -6.61. The van der Waals surface area contributed by atoms with Crippen LogP contribution < -0.4 is 4.90 Å². The molecule has 55 heavy (non-hydrogen) atoms. The lowest BCUT2D eigenvalue weighted by atomic mass is 9.66. The van der Waals surface area contributed by atoms with Gasteiger partial charge in [0.15, 0.2) is 0 Å². The van der Waals surface area contributed by atoms with Gasteiger partial charge in [0, 0.05) is 26.6 Å². The Morgan fingerprint density at radius 2 is 0.964 bits per heavy atom. The van der Waals surface area contributed by atoms with E-state index in [1.54, 1.807) is 0 Å². The highest BCUT2D eigenvalue weighted by molar-refractivity contribution is 7.99. The van der Waals surface area contributed by atoms with Gasteiger partial charge in [-0.05, 0) is 91.7 Å². The monoisotopic (exact) mass is 717 g/mol. The molecule has 1 aliphatic heterocycles. The zero-order valence-corrected chi connectivity index (χ0v) is 30.9. The van der Waals surface area contributed by atoms with Crippen LogP contribution in [0.5, 0.6) is 0 Å². The molecule has 1 heterocycles. The number of anilines is 3. The van der Waals surface area contributed by atoms with Crippen molar-refractivity contribution in [2.75, 3.05) is 4.90 Å². The number of fused-ring (bicyclic) bond motifs is 11. The van der Waals surface area contributed by atoms with Gasteiger partial charge >= 0.3 is 0 Å². The molecule has 0 aromatic heterocycles. The van der Waals surface area contributed by atoms with E-state index in [1.807, 2.05) is 11.8 Å². The summed E-state index contributed by atoms with van der Waals surface area (Å²) in [5.41, 5.74) is 15.6. The molecule has 0 radical (unpaired) electrons. The largest absolute Gasteiger partial charge is 0.309 e. The van der Waals surface area contributed by atoms with Crippen LogP contribution in [-0.2, 0) is 5.41 Å². The number of rotatable bonds is 5. The van der Waals surface area contributed by atoms with Crippen molar-refractivity contribution < 1.29 is 0 Å². The summed E-state index contributed by atoms with van der Waals surface area (Å²) >= 11 is 1.90. The predicted molar refractivity (Wildman–Crippen MR) is 231 cm³/mol. The van der Waals surface area contributed by atoms with Gasteiger partial charge in [0.2, 0.25) is 0 Å². The number of benzene rings is 9. The van der Waals surface area contributed by atoms with Gasteiger partial charge in [0.05, 0.1) is 16.8 Å². The van der Waals surface area contributed by atoms with Crippen molar-refractivity contribution in [2.24, 2.45) is 0 Å². The molecule has 9 aromatic carbocycles. The summed E-state index contributed by atoms with van der Waals surface area (Å²) in [5, 5.41) is 2.57. The maximum absolute atomic E-state index is 2.50. The molecule has 11 rings (SSSR count). The van der Waals surface area contributed by atoms with Crippen LogP contribution in [0.25, 0.3) is 44.2 Å². The van der Waals surface area contributed by atoms with Gasteiger partial charge in [0.25, 0.3) is 0 Å². The van der Waals surface area contributed by atoms with E-state index in [2.05, 4.69) is 217 Å². The smallest absolute Gasteiger partial charge is 0.0742 e. The Bertz CT molecular complexity index is 2900. The normalized spacial score (nSPS) is 14.9. The highest BCUT2D eigenvalue weighted by atomic mass is 32.2. The maximum Gasteiger partial charge on any atom is 0.0742 e. The third kappa shape index (κ3) is 4.82. The zero-order chi connectivity index (χ0) is 36.3. The van der Waals surface area contributed by atoms with Gasteiger partial charge in [-0.3, -0.25) is 0 Å². The van der Waals surface area contributed by atoms with Crippen molar-refractivity contribution >= 4 is 39.6 Å². The van der Waals surface area contributed by atoms with E-state index in [9.17, 15) is 0 Å². The van der Waals surface area contributed by atoms with Crippen molar-refractivity contribution in [3.8, 4) is 33.4 Å². The summed E-state index contributed by atoms with van der Waals surface area (Å²) in [5.74, 6) is 0. The molecule has 1 spiro atoms. The van der Waals surface area contributed by atoms with Crippen molar-refractivity contribution in [3.05, 3.63) is 235 Å². The third-order valence-electron chi connectivity index (χ3n) is 11.5. The number of hydrogen-bond donors (Lipinski definition) is 0. The molecule has 2 aliphatic rings. The predicted octanol–water partition coefficient (Wildman–Crippen LogP) is 14.5. The van der Waals surface area contributed by atoms with Crippen molar-refractivity contribution in [1.82, 2.24) is 0 Å². The fraction of sp³-hybridized carbons (Fsp3) is 0.0189. The minimum atomic E-state index is -0.512. The summed E-state index contributed by atoms with van der Waals surface area (Å²) in [6.45, 7) is 0. The summed E-state index contributed by atoms with van der Waals surface area (Å²) in [6, 6.07) is 78.2. The second-order valence-corrected chi connectivity index (χ2v) is 15.5. The highest BCUT2D eigenvalue weighted by Crippen LogP contribution is 2.65. The first-order chi connectivity index (χ1) is 27.3. The Labute approximate surface area is 326 Å². The van der Waals surface area contributed by atoms with Gasteiger partial charge in [-0.15, -0.1) is 0 Å². The summed E-state index contributed by atoms with van der Waals surface area (Å²) in [4.78, 5) is 5.12. The van der Waals surface area contributed by atoms with Crippen LogP contribution in [0.4, 0.5) is 17.1 Å². The molecular formula is C53H35NS. The second kappa shape index (κ2) is 12.8. The molecule has 1 nitrogen and oxygen atoms in total. The molecule has 1 aliphatic carbocycles. The van der Waals surface area contributed by atoms with E-state index in [4.69, 9.17) is 0 Å². The molecule has 0 amide bonds. The van der Waals surface area contributed by atoms with Gasteiger partial charge in [-0.25, -0.2) is 0 Å². The minimum Gasteiger partial charge on any atom is -0.309 e. The Morgan fingerprint density at radius 1 is 0.364 bits per heavy atom. The van der Waals surface area contributed by atoms with E-state index in [0.717, 1.165) is 17.1 Å². The lowest BCUT2D eigenvalue weighted by molar-refractivity contribution is 0.730. The Balaban J connectivity index is 1.24. The highest BCUT2D eigenvalue weighted by Gasteiger charge is 2.52. The van der Waals surface area contributed by atoms with Gasteiger partial charge in [-0.2, -0.15) is 0 Å². The van der Waals surface area contributed by atoms with Crippen LogP contribution in [0.15, 0.2) is 222 Å². The van der Waals surface area contributed by atoms with E-state index in [0.29, 0.717) is 0 Å². The van der Waals surface area contributed by atoms with E-state index < -0.39 is 5.41 Å². The Kier molecular flexibility index (Phi) is 7.40. The van der Waals surface area contributed by atoms with Gasteiger partial charge in [-0.1, -0.05) is 188 Å². The summed E-state index contributed by atoms with van der Waals surface area (Å²) < 4.78 is 0. The van der Waals surface area contributed by atoms with E-state index >= 15 is 0 Å². The number of hydrogen-bond acceptors (Lipinski definition) is 2. The first-order valence-corrected chi connectivity index (χ1v) is 19.8. The quantitative estimate of drug-likeness (QED) is 0.174. The third-order valence-corrected chi connectivity index (χ3v) is 12.7. The lowest BCUT2D eigenvalue weighted by Crippen LogP contribution is -2.32. The summed E-state index contributed by atoms with van der Waals surface area (Å²) in [6.07, 6.45) is 0. The van der Waals surface area contributed by atoms with Crippen LogP contribution in [0, 0.1) is 0 Å². The van der Waals surface area contributed by atoms with Gasteiger partial charge in [0.1, 0.15) is 0 Å². The second-order valence-electron chi connectivity index (χ2n) is 14.4. The fourth-order valence-corrected chi connectivity index (χ4v) is 10.5. The molecule has 2 heteroatoms. The van der Waals surface area contributed by atoms with Crippen molar-refractivity contribution in [1.29, 1.82) is 0 Å². The molecule has 1 atom stereocenters. The number of para-hydroxylation sites is 1. The average Bonchev–Trinajstić information content (AvgIpc) is 3.55. The van der Waals surface area contributed by atoms with Crippen LogP contribution in [0.3, 0.4) is 0 Å². The van der Waals surface area contributed by atoms with Crippen LogP contribution >= 0.6 is 11.8 Å². The molecule has 0 fully saturated rings. The van der Waals surface area contributed by atoms with Crippen LogP contribution in [-0.4, -0.2) is 0 Å². The topological polar surface area (TPSA) is 3.24 Å². The molecule has 0 bridgehead atoms. The molecule has 0 N–H and O–H groups in total. The first kappa shape index (κ1) is 31.9. The average molecular weight is 718 g/mol. The van der Waals surface area contributed by atoms with E-state index in [1.165, 1.54) is 76.2 Å². The van der Waals surface area contributed by atoms with Crippen LogP contribution in [0.2, 0.25) is 0 Å². The molecule has 9 aromatic rings. The molecule has 0 saturated carbocycles. The fourth-order valence-electron chi connectivity index (χ4n) is 9.27. The minimum absolute atomic E-state index is 0.512. The summed E-state index contributed by atoms with van der Waals surface area (Å²) in [7, 11) is 0. The van der Waals surface area contributed by atoms with Crippen molar-refractivity contribution in [2.45, 2.75) is 15.2 Å². The standard InChI is InChI=1S/C53H35NS/c1-3-16-36(17-4-1)37-30-33-40(34-31-37)54(47-27-13-10-21-41(47)38-18-5-2-6-19-38)48-28-15-26-46-51(48)43-23-9-11-24-44(43)53(46)45-25-12-14-29-49(45)55-50-35-32-39-20-7-8-22-42(39)52(50)53/h1-35H. The molecule has 258 valence electrons. The SMILES string of the molecule is c1ccc(-c2ccc(N(c3ccccc3-c3ccccc3)c3cccc4c3-c3ccccc3C43c4ccccc4Sc4ccc5ccccc5c43)cc2)cc1. The molecular weight excluding hydrogens is 683 g/mol. The van der Waals surface area contributed by atoms with Gasteiger partial charge < -0.3 is 4.90 Å². The molecule has 1 unspecified atom stereocenters. The Morgan fingerprint density at radius 3 is 1.78 bits per heavy atom. The zero-order valence-electron chi connectivity index (χ0n) is 30.1. The lowest BCUT2D eigenvalue weighted by Gasteiger charge is -2.40.